The van der Waals surface area contributed by atoms with E-state index in [4.69, 9.17) is 0 Å². The van der Waals surface area contributed by atoms with Gasteiger partial charge >= 0.3 is 6.03 Å². The second kappa shape index (κ2) is 6.59. The van der Waals surface area contributed by atoms with E-state index in [-0.39, 0.29) is 12.1 Å². The van der Waals surface area contributed by atoms with Crippen molar-refractivity contribution in [2.75, 3.05) is 5.32 Å². The number of nitrogens with one attached hydrogen (secondary N) is 2. The molecule has 2 amide bonds. The molecule has 1 saturated carbocycles. The quantitative estimate of drug-likeness (QED) is 0.771. The van der Waals surface area contributed by atoms with Crippen molar-refractivity contribution in [2.45, 2.75) is 51.7 Å². The van der Waals surface area contributed by atoms with Crippen LogP contribution in [0, 0.1) is 13.8 Å². The van der Waals surface area contributed by atoms with Gasteiger partial charge in [0.2, 0.25) is 0 Å². The summed E-state index contributed by atoms with van der Waals surface area (Å²) in [5.74, 6) is 0. The average molecular weight is 341 g/mol. The van der Waals surface area contributed by atoms with Crippen LogP contribution in [0.5, 0.6) is 0 Å². The largest absolute Gasteiger partial charge is 0.391 e. The fourth-order valence-corrected chi connectivity index (χ4v) is 3.39. The van der Waals surface area contributed by atoms with Crippen molar-refractivity contribution >= 4 is 27.6 Å². The number of carbonyl (C=O) groups excluding carboxylic acids is 1. The first-order valence-electron chi connectivity index (χ1n) is 6.99. The average Bonchev–Trinajstić information content (AvgIpc) is 2.36. The molecule has 110 valence electrons. The van der Waals surface area contributed by atoms with Gasteiger partial charge in [0.25, 0.3) is 0 Å². The monoisotopic (exact) mass is 340 g/mol. The molecule has 1 aliphatic rings. The van der Waals surface area contributed by atoms with Crippen LogP contribution in [0.2, 0.25) is 0 Å². The summed E-state index contributed by atoms with van der Waals surface area (Å²) in [6.07, 6.45) is 3.26. The lowest BCUT2D eigenvalue weighted by Crippen LogP contribution is -2.46. The van der Waals surface area contributed by atoms with Crippen LogP contribution in [0.4, 0.5) is 10.5 Å². The number of aliphatic hydroxyl groups is 1. The number of aryl methyl sites for hydroxylation is 2. The Morgan fingerprint density at radius 1 is 1.25 bits per heavy atom. The van der Waals surface area contributed by atoms with E-state index in [0.29, 0.717) is 0 Å². The van der Waals surface area contributed by atoms with E-state index in [1.807, 2.05) is 26.0 Å². The maximum absolute atomic E-state index is 12.1. The molecule has 5 heteroatoms. The number of aliphatic hydroxyl groups excluding tert-OH is 1. The van der Waals surface area contributed by atoms with Crippen LogP contribution in [-0.4, -0.2) is 23.3 Å². The number of halogens is 1. The predicted octanol–water partition coefficient (Wildman–Crippen LogP) is 3.49. The Morgan fingerprint density at radius 3 is 2.45 bits per heavy atom. The molecule has 2 atom stereocenters. The Hall–Kier alpha value is -1.07. The lowest BCUT2D eigenvalue weighted by atomic mass is 9.93. The fourth-order valence-electron chi connectivity index (χ4n) is 2.71. The van der Waals surface area contributed by atoms with Crippen LogP contribution < -0.4 is 10.6 Å². The lowest BCUT2D eigenvalue weighted by Gasteiger charge is -2.28. The van der Waals surface area contributed by atoms with E-state index in [9.17, 15) is 9.90 Å². The lowest BCUT2D eigenvalue weighted by molar-refractivity contribution is 0.0955. The molecule has 20 heavy (non-hydrogen) atoms. The molecule has 2 unspecified atom stereocenters. The van der Waals surface area contributed by atoms with Crippen LogP contribution in [0.15, 0.2) is 16.6 Å². The van der Waals surface area contributed by atoms with Crippen molar-refractivity contribution in [3.63, 3.8) is 0 Å². The molecule has 1 aromatic carbocycles. The summed E-state index contributed by atoms with van der Waals surface area (Å²) < 4.78 is 1.00. The van der Waals surface area contributed by atoms with Crippen molar-refractivity contribution in [3.05, 3.63) is 27.7 Å². The van der Waals surface area contributed by atoms with E-state index >= 15 is 0 Å². The van der Waals surface area contributed by atoms with Crippen LogP contribution in [0.3, 0.4) is 0 Å². The third-order valence-corrected chi connectivity index (χ3v) is 4.24. The molecule has 2 rings (SSSR count). The first-order valence-corrected chi connectivity index (χ1v) is 7.79. The molecule has 1 fully saturated rings. The number of amides is 2. The second-order valence-electron chi connectivity index (χ2n) is 5.47. The van der Waals surface area contributed by atoms with E-state index in [2.05, 4.69) is 26.6 Å². The molecular weight excluding hydrogens is 320 g/mol. The predicted molar refractivity (Wildman–Crippen MR) is 84.0 cm³/mol. The molecule has 0 aliphatic heterocycles. The molecule has 1 aromatic rings. The Morgan fingerprint density at radius 2 is 1.85 bits per heavy atom. The van der Waals surface area contributed by atoms with Crippen LogP contribution in [0.25, 0.3) is 0 Å². The van der Waals surface area contributed by atoms with Gasteiger partial charge in [-0.1, -0.05) is 28.8 Å². The molecule has 0 radical (unpaired) electrons. The standard InChI is InChI=1S/C15H21BrN2O2/c1-9-7-11(16)8-10(2)14(9)18-15(20)17-12-5-3-4-6-13(12)19/h7-8,12-13,19H,3-6H2,1-2H3,(H2,17,18,20). The summed E-state index contributed by atoms with van der Waals surface area (Å²) >= 11 is 3.44. The van der Waals surface area contributed by atoms with Gasteiger partial charge in [0.1, 0.15) is 0 Å². The summed E-state index contributed by atoms with van der Waals surface area (Å²) in [6, 6.07) is 3.56. The number of hydrogen-bond donors (Lipinski definition) is 3. The van der Waals surface area contributed by atoms with Gasteiger partial charge in [0, 0.05) is 10.2 Å². The fraction of sp³-hybridized carbons (Fsp3) is 0.533. The molecule has 3 N–H and O–H groups in total. The topological polar surface area (TPSA) is 61.4 Å². The highest BCUT2D eigenvalue weighted by Gasteiger charge is 2.24. The SMILES string of the molecule is Cc1cc(Br)cc(C)c1NC(=O)NC1CCCCC1O. The Bertz CT molecular complexity index is 482. The van der Waals surface area contributed by atoms with Gasteiger partial charge in [-0.05, 0) is 49.9 Å². The van der Waals surface area contributed by atoms with Gasteiger partial charge in [-0.2, -0.15) is 0 Å². The van der Waals surface area contributed by atoms with E-state index < -0.39 is 6.10 Å². The molecular formula is C15H21BrN2O2. The number of anilines is 1. The first-order chi connectivity index (χ1) is 9.47. The number of urea groups is 1. The zero-order chi connectivity index (χ0) is 14.7. The van der Waals surface area contributed by atoms with Gasteiger partial charge in [-0.15, -0.1) is 0 Å². The summed E-state index contributed by atoms with van der Waals surface area (Å²) in [7, 11) is 0. The third kappa shape index (κ3) is 3.73. The van der Waals surface area contributed by atoms with Gasteiger partial charge in [0.15, 0.2) is 0 Å². The van der Waals surface area contributed by atoms with Crippen molar-refractivity contribution in [2.24, 2.45) is 0 Å². The minimum absolute atomic E-state index is 0.139. The number of hydrogen-bond acceptors (Lipinski definition) is 2. The highest BCUT2D eigenvalue weighted by Crippen LogP contribution is 2.25. The molecule has 1 aliphatic carbocycles. The van der Waals surface area contributed by atoms with E-state index in [1.165, 1.54) is 0 Å². The molecule has 0 spiro atoms. The van der Waals surface area contributed by atoms with Crippen molar-refractivity contribution in [1.82, 2.24) is 5.32 Å². The van der Waals surface area contributed by atoms with Gasteiger partial charge in [-0.3, -0.25) is 0 Å². The Labute approximate surface area is 128 Å². The number of carbonyl (C=O) groups is 1. The third-order valence-electron chi connectivity index (χ3n) is 3.78. The van der Waals surface area contributed by atoms with Gasteiger partial charge < -0.3 is 15.7 Å². The second-order valence-corrected chi connectivity index (χ2v) is 6.39. The highest BCUT2D eigenvalue weighted by atomic mass is 79.9. The van der Waals surface area contributed by atoms with Crippen molar-refractivity contribution < 1.29 is 9.90 Å². The van der Waals surface area contributed by atoms with Gasteiger partial charge in [0.05, 0.1) is 12.1 Å². The van der Waals surface area contributed by atoms with E-state index in [0.717, 1.165) is 47.0 Å². The van der Waals surface area contributed by atoms with Crippen molar-refractivity contribution in [3.8, 4) is 0 Å². The maximum atomic E-state index is 12.1. The first kappa shape index (κ1) is 15.3. The van der Waals surface area contributed by atoms with Crippen LogP contribution in [-0.2, 0) is 0 Å². The van der Waals surface area contributed by atoms with Crippen LogP contribution >= 0.6 is 15.9 Å². The Balaban J connectivity index is 2.01. The molecule has 0 heterocycles. The number of benzene rings is 1. The minimum Gasteiger partial charge on any atom is -0.391 e. The molecule has 0 bridgehead atoms. The number of rotatable bonds is 2. The van der Waals surface area contributed by atoms with Crippen LogP contribution in [0.1, 0.15) is 36.8 Å². The van der Waals surface area contributed by atoms with Gasteiger partial charge in [-0.25, -0.2) is 4.79 Å². The Kier molecular flexibility index (Phi) is 5.05. The zero-order valence-electron chi connectivity index (χ0n) is 11.9. The highest BCUT2D eigenvalue weighted by molar-refractivity contribution is 9.10. The summed E-state index contributed by atoms with van der Waals surface area (Å²) in [6.45, 7) is 3.92. The summed E-state index contributed by atoms with van der Waals surface area (Å²) in [5, 5.41) is 15.6. The van der Waals surface area contributed by atoms with Crippen molar-refractivity contribution in [1.29, 1.82) is 0 Å². The van der Waals surface area contributed by atoms with E-state index in [1.54, 1.807) is 0 Å². The smallest absolute Gasteiger partial charge is 0.319 e. The molecule has 0 saturated heterocycles. The molecule has 0 aromatic heterocycles. The minimum atomic E-state index is -0.429. The zero-order valence-corrected chi connectivity index (χ0v) is 13.5. The summed E-state index contributed by atoms with van der Waals surface area (Å²) in [4.78, 5) is 12.1. The maximum Gasteiger partial charge on any atom is 0.319 e. The summed E-state index contributed by atoms with van der Waals surface area (Å²) in [5.41, 5.74) is 2.85. The normalized spacial score (nSPS) is 22.4. The molecule has 4 nitrogen and oxygen atoms in total.